The van der Waals surface area contributed by atoms with Gasteiger partial charge in [-0.15, -0.1) is 0 Å². The van der Waals surface area contributed by atoms with E-state index in [-0.39, 0.29) is 5.56 Å². The van der Waals surface area contributed by atoms with Crippen molar-refractivity contribution < 1.29 is 24.1 Å². The van der Waals surface area contributed by atoms with Crippen LogP contribution in [0, 0.1) is 0 Å². The molecule has 0 bridgehead atoms. The van der Waals surface area contributed by atoms with Crippen molar-refractivity contribution in [2.75, 3.05) is 33.0 Å². The monoisotopic (exact) mass is 268 g/mol. The molecule has 0 aromatic heterocycles. The number of aromatic carboxylic acids is 1. The van der Waals surface area contributed by atoms with Gasteiger partial charge in [0.2, 0.25) is 0 Å². The van der Waals surface area contributed by atoms with Gasteiger partial charge in [-0.3, -0.25) is 0 Å². The number of carboxylic acids is 1. The highest BCUT2D eigenvalue weighted by Gasteiger charge is 2.01. The second-order valence-electron chi connectivity index (χ2n) is 3.84. The van der Waals surface area contributed by atoms with Gasteiger partial charge in [0, 0.05) is 19.6 Å². The third kappa shape index (κ3) is 6.79. The zero-order valence-electron chi connectivity index (χ0n) is 11.1. The van der Waals surface area contributed by atoms with E-state index in [2.05, 4.69) is 0 Å². The molecule has 1 rings (SSSR count). The molecule has 5 nitrogen and oxygen atoms in total. The summed E-state index contributed by atoms with van der Waals surface area (Å²) in [5.74, 6) is -0.270. The molecule has 106 valence electrons. The smallest absolute Gasteiger partial charge is 0.335 e. The van der Waals surface area contributed by atoms with Gasteiger partial charge in [-0.25, -0.2) is 4.79 Å². The molecule has 0 unspecified atom stereocenters. The molecule has 0 aliphatic heterocycles. The summed E-state index contributed by atoms with van der Waals surface area (Å²) in [4.78, 5) is 10.7. The molecule has 0 radical (unpaired) electrons. The van der Waals surface area contributed by atoms with Gasteiger partial charge in [-0.2, -0.15) is 0 Å². The maximum atomic E-state index is 10.7. The fraction of sp³-hybridized carbons (Fsp3) is 0.500. The van der Waals surface area contributed by atoms with E-state index in [9.17, 15) is 4.79 Å². The van der Waals surface area contributed by atoms with Crippen LogP contribution in [0.2, 0.25) is 0 Å². The third-order valence-electron chi connectivity index (χ3n) is 2.38. The van der Waals surface area contributed by atoms with E-state index < -0.39 is 5.97 Å². The Morgan fingerprint density at radius 2 is 1.74 bits per heavy atom. The first kappa shape index (κ1) is 15.5. The predicted octanol–water partition coefficient (Wildman–Crippen LogP) is 2.21. The molecule has 0 aliphatic rings. The van der Waals surface area contributed by atoms with E-state index in [1.165, 1.54) is 12.1 Å². The van der Waals surface area contributed by atoms with Gasteiger partial charge >= 0.3 is 5.97 Å². The largest absolute Gasteiger partial charge is 0.494 e. The van der Waals surface area contributed by atoms with Crippen LogP contribution in [0.3, 0.4) is 0 Å². The van der Waals surface area contributed by atoms with E-state index in [0.717, 1.165) is 6.42 Å². The molecular weight excluding hydrogens is 248 g/mol. The van der Waals surface area contributed by atoms with Crippen LogP contribution in [0.5, 0.6) is 5.75 Å². The van der Waals surface area contributed by atoms with Gasteiger partial charge in [0.05, 0.1) is 25.4 Å². The Morgan fingerprint density at radius 1 is 1.05 bits per heavy atom. The summed E-state index contributed by atoms with van der Waals surface area (Å²) in [6.45, 7) is 5.04. The van der Waals surface area contributed by atoms with Crippen molar-refractivity contribution in [3.63, 3.8) is 0 Å². The van der Waals surface area contributed by atoms with Gasteiger partial charge in [0.25, 0.3) is 0 Å². The molecule has 1 N–H and O–H groups in total. The van der Waals surface area contributed by atoms with Crippen molar-refractivity contribution in [1.29, 1.82) is 0 Å². The average molecular weight is 268 g/mol. The minimum absolute atomic E-state index is 0.256. The summed E-state index contributed by atoms with van der Waals surface area (Å²) in [5.41, 5.74) is 0.256. The highest BCUT2D eigenvalue weighted by Crippen LogP contribution is 2.12. The molecule has 0 saturated heterocycles. The van der Waals surface area contributed by atoms with Crippen molar-refractivity contribution in [3.05, 3.63) is 29.8 Å². The lowest BCUT2D eigenvalue weighted by molar-refractivity contribution is 0.0482. The van der Waals surface area contributed by atoms with E-state index in [4.69, 9.17) is 19.3 Å². The van der Waals surface area contributed by atoms with Crippen LogP contribution < -0.4 is 4.74 Å². The molecule has 1 aromatic carbocycles. The lowest BCUT2D eigenvalue weighted by Gasteiger charge is -2.07. The van der Waals surface area contributed by atoms with Crippen molar-refractivity contribution in [3.8, 4) is 5.75 Å². The Labute approximate surface area is 113 Å². The molecule has 0 heterocycles. The predicted molar refractivity (Wildman–Crippen MR) is 70.8 cm³/mol. The lowest BCUT2D eigenvalue weighted by atomic mass is 10.2. The van der Waals surface area contributed by atoms with E-state index >= 15 is 0 Å². The molecular formula is C14H20O5. The third-order valence-corrected chi connectivity index (χ3v) is 2.38. The van der Waals surface area contributed by atoms with E-state index in [0.29, 0.717) is 38.8 Å². The van der Waals surface area contributed by atoms with Crippen molar-refractivity contribution >= 4 is 5.97 Å². The summed E-state index contributed by atoms with van der Waals surface area (Å²) in [5, 5.41) is 8.74. The molecule has 0 spiro atoms. The molecule has 19 heavy (non-hydrogen) atoms. The molecule has 5 heteroatoms. The summed E-state index contributed by atoms with van der Waals surface area (Å²) < 4.78 is 15.9. The second-order valence-corrected chi connectivity index (χ2v) is 3.84. The minimum Gasteiger partial charge on any atom is -0.494 e. The van der Waals surface area contributed by atoms with Gasteiger partial charge in [0.1, 0.15) is 5.75 Å². The summed E-state index contributed by atoms with van der Waals surface area (Å²) in [6, 6.07) is 6.35. The van der Waals surface area contributed by atoms with Gasteiger partial charge in [-0.05, 0) is 31.2 Å². The summed E-state index contributed by atoms with van der Waals surface area (Å²) in [7, 11) is 0. The van der Waals surface area contributed by atoms with Crippen molar-refractivity contribution in [2.45, 2.75) is 13.3 Å². The van der Waals surface area contributed by atoms with Crippen LogP contribution in [0.1, 0.15) is 23.7 Å². The molecule has 0 aliphatic carbocycles. The molecule has 0 amide bonds. The summed E-state index contributed by atoms with van der Waals surface area (Å²) in [6.07, 6.45) is 0.785. The SMILES string of the molecule is CCOCCOCCCOc1ccc(C(=O)O)cc1. The maximum Gasteiger partial charge on any atom is 0.335 e. The fourth-order valence-corrected chi connectivity index (χ4v) is 1.41. The van der Waals surface area contributed by atoms with E-state index in [1.54, 1.807) is 12.1 Å². The van der Waals surface area contributed by atoms with Gasteiger partial charge < -0.3 is 19.3 Å². The highest BCUT2D eigenvalue weighted by molar-refractivity contribution is 5.87. The Hall–Kier alpha value is -1.59. The Balaban J connectivity index is 2.07. The first-order chi connectivity index (χ1) is 9.24. The van der Waals surface area contributed by atoms with Crippen LogP contribution in [0.15, 0.2) is 24.3 Å². The van der Waals surface area contributed by atoms with Crippen LogP contribution >= 0.6 is 0 Å². The minimum atomic E-state index is -0.936. The van der Waals surface area contributed by atoms with Gasteiger partial charge in [-0.1, -0.05) is 0 Å². The number of benzene rings is 1. The van der Waals surface area contributed by atoms with E-state index in [1.807, 2.05) is 6.92 Å². The number of ether oxygens (including phenoxy) is 3. The average Bonchev–Trinajstić information content (AvgIpc) is 2.42. The van der Waals surface area contributed by atoms with Crippen LogP contribution in [-0.2, 0) is 9.47 Å². The zero-order chi connectivity index (χ0) is 13.9. The fourth-order valence-electron chi connectivity index (χ4n) is 1.41. The maximum absolute atomic E-state index is 10.7. The normalized spacial score (nSPS) is 10.4. The standard InChI is InChI=1S/C14H20O5/c1-2-17-10-11-18-8-3-9-19-13-6-4-12(5-7-13)14(15)16/h4-7H,2-3,8-11H2,1H3,(H,15,16). The first-order valence-corrected chi connectivity index (χ1v) is 6.35. The summed E-state index contributed by atoms with van der Waals surface area (Å²) >= 11 is 0. The molecule has 0 atom stereocenters. The van der Waals surface area contributed by atoms with Crippen molar-refractivity contribution in [1.82, 2.24) is 0 Å². The number of rotatable bonds is 10. The number of hydrogen-bond donors (Lipinski definition) is 1. The van der Waals surface area contributed by atoms with Crippen LogP contribution in [0.4, 0.5) is 0 Å². The Bertz CT molecular complexity index is 361. The first-order valence-electron chi connectivity index (χ1n) is 6.35. The molecule has 1 aromatic rings. The topological polar surface area (TPSA) is 65.0 Å². The molecule has 0 fully saturated rings. The number of hydrogen-bond acceptors (Lipinski definition) is 4. The quantitative estimate of drug-likeness (QED) is 0.659. The number of carboxylic acid groups (broad SMARTS) is 1. The zero-order valence-corrected chi connectivity index (χ0v) is 11.1. The molecule has 0 saturated carbocycles. The lowest BCUT2D eigenvalue weighted by Crippen LogP contribution is -2.07. The second kappa shape index (κ2) is 9.35. The van der Waals surface area contributed by atoms with Crippen LogP contribution in [0.25, 0.3) is 0 Å². The number of carbonyl (C=O) groups is 1. The van der Waals surface area contributed by atoms with Crippen LogP contribution in [-0.4, -0.2) is 44.1 Å². The van der Waals surface area contributed by atoms with Crippen molar-refractivity contribution in [2.24, 2.45) is 0 Å². The van der Waals surface area contributed by atoms with Gasteiger partial charge in [0.15, 0.2) is 0 Å². The highest BCUT2D eigenvalue weighted by atomic mass is 16.5. The Morgan fingerprint density at radius 3 is 2.37 bits per heavy atom. The Kier molecular flexibility index (Phi) is 7.62.